The number of pyridine rings is 1. The number of hydrogen-bond donors (Lipinski definition) is 0. The number of nitrogens with zero attached hydrogens (tertiary/aromatic N) is 5. The van der Waals surface area contributed by atoms with E-state index in [0.717, 1.165) is 16.3 Å². The van der Waals surface area contributed by atoms with E-state index in [1.807, 2.05) is 24.3 Å². The molecule has 0 unspecified atom stereocenters. The van der Waals surface area contributed by atoms with E-state index in [4.69, 9.17) is 20.8 Å². The molecule has 0 bridgehead atoms. The maximum Gasteiger partial charge on any atom is 0.287 e. The Morgan fingerprint density at radius 2 is 1.85 bits per heavy atom. The zero-order valence-corrected chi connectivity index (χ0v) is 20.6. The molecule has 0 aliphatic rings. The van der Waals surface area contributed by atoms with E-state index >= 15 is 0 Å². The number of aromatic nitrogens is 3. The Morgan fingerprint density at radius 3 is 2.64 bits per heavy atom. The van der Waals surface area contributed by atoms with E-state index < -0.39 is 10.5 Å². The number of fused-ring (bicyclic) bond motifs is 2. The van der Waals surface area contributed by atoms with E-state index in [9.17, 15) is 14.9 Å². The van der Waals surface area contributed by atoms with Crippen LogP contribution < -0.4 is 10.3 Å². The molecule has 3 heterocycles. The normalized spacial score (nSPS) is 11.4. The van der Waals surface area contributed by atoms with E-state index in [1.165, 1.54) is 18.3 Å². The average Bonchev–Trinajstić information content (AvgIpc) is 3.38. The molecule has 0 fully saturated rings. The zero-order valence-electron chi connectivity index (χ0n) is 19.9. The Bertz CT molecular complexity index is 1930. The Balaban J connectivity index is 1.45. The summed E-state index contributed by atoms with van der Waals surface area (Å²) in [4.78, 5) is 32.6. The van der Waals surface area contributed by atoms with Crippen molar-refractivity contribution in [1.82, 2.24) is 14.6 Å². The van der Waals surface area contributed by atoms with Gasteiger partial charge in [-0.05, 0) is 42.5 Å². The molecule has 6 aromatic rings. The second-order valence-corrected chi connectivity index (χ2v) is 8.79. The highest BCUT2D eigenvalue weighted by atomic mass is 35.5. The molecule has 10 nitrogen and oxygen atoms in total. The van der Waals surface area contributed by atoms with Crippen LogP contribution in [0.5, 0.6) is 11.6 Å². The number of hydrogen-bond acceptors (Lipinski definition) is 8. The Hall–Kier alpha value is -5.35. The van der Waals surface area contributed by atoms with Crippen molar-refractivity contribution >= 4 is 45.4 Å². The molecular weight excluding hydrogens is 522 g/mol. The van der Waals surface area contributed by atoms with Gasteiger partial charge in [0.15, 0.2) is 5.76 Å². The fraction of sp³-hybridized carbons (Fsp3) is 0. The van der Waals surface area contributed by atoms with E-state index in [-0.39, 0.29) is 17.4 Å². The van der Waals surface area contributed by atoms with Crippen LogP contribution in [0.4, 0.5) is 5.69 Å². The van der Waals surface area contributed by atoms with E-state index in [0.29, 0.717) is 38.6 Å². The summed E-state index contributed by atoms with van der Waals surface area (Å²) in [6, 6.07) is 23.7. The molecule has 3 aromatic heterocycles. The maximum absolute atomic E-state index is 13.5. The van der Waals surface area contributed by atoms with Crippen LogP contribution >= 0.6 is 11.6 Å². The molecule has 39 heavy (non-hydrogen) atoms. The smallest absolute Gasteiger partial charge is 0.287 e. The van der Waals surface area contributed by atoms with Gasteiger partial charge in [-0.1, -0.05) is 41.9 Å². The summed E-state index contributed by atoms with van der Waals surface area (Å²) in [7, 11) is 0. The highest BCUT2D eigenvalue weighted by Gasteiger charge is 2.17. The van der Waals surface area contributed by atoms with Gasteiger partial charge in [-0.25, -0.2) is 9.97 Å². The third-order valence-corrected chi connectivity index (χ3v) is 6.07. The summed E-state index contributed by atoms with van der Waals surface area (Å²) in [5.74, 6) is 1.03. The molecule has 0 atom stereocenters. The molecule has 11 heteroatoms. The van der Waals surface area contributed by atoms with Gasteiger partial charge in [0, 0.05) is 28.1 Å². The topological polar surface area (TPSA) is 126 Å². The third-order valence-electron chi connectivity index (χ3n) is 5.83. The first-order valence-electron chi connectivity index (χ1n) is 11.6. The highest BCUT2D eigenvalue weighted by molar-refractivity contribution is 6.30. The standard InChI is InChI=1S/C28H16ClN5O5/c29-19-9-11-24(39-26-12-10-20(16-30-26)34(36)37)18(13-19)15-31-33-27(25-14-17-5-1-4-8-23(17)38-25)32-22-7-3-2-6-21(22)28(33)35/h1-16H. The summed E-state index contributed by atoms with van der Waals surface area (Å²) in [5.41, 5.74) is 1.01. The van der Waals surface area contributed by atoms with Crippen molar-refractivity contribution in [2.24, 2.45) is 5.10 Å². The SMILES string of the molecule is O=c1c2ccccc2nc(-c2cc3ccccc3o2)n1N=Cc1cc(Cl)ccc1Oc1ccc([N+](=O)[O-])cn1. The van der Waals surface area contributed by atoms with Gasteiger partial charge >= 0.3 is 0 Å². The van der Waals surface area contributed by atoms with Crippen molar-refractivity contribution in [2.45, 2.75) is 0 Å². The third kappa shape index (κ3) is 4.72. The lowest BCUT2D eigenvalue weighted by molar-refractivity contribution is -0.385. The molecule has 0 spiro atoms. The fourth-order valence-electron chi connectivity index (χ4n) is 3.97. The van der Waals surface area contributed by atoms with Crippen molar-refractivity contribution in [3.8, 4) is 23.2 Å². The Morgan fingerprint density at radius 1 is 1.03 bits per heavy atom. The van der Waals surface area contributed by atoms with E-state index in [2.05, 4.69) is 15.1 Å². The minimum atomic E-state index is -0.550. The summed E-state index contributed by atoms with van der Waals surface area (Å²) in [6.07, 6.45) is 2.51. The predicted octanol–water partition coefficient (Wildman–Crippen LogP) is 6.44. The van der Waals surface area contributed by atoms with E-state index in [1.54, 1.807) is 48.5 Å². The highest BCUT2D eigenvalue weighted by Crippen LogP contribution is 2.29. The quantitative estimate of drug-likeness (QED) is 0.136. The lowest BCUT2D eigenvalue weighted by Crippen LogP contribution is -2.20. The summed E-state index contributed by atoms with van der Waals surface area (Å²) in [6.45, 7) is 0. The van der Waals surface area contributed by atoms with Crippen molar-refractivity contribution < 1.29 is 14.1 Å². The van der Waals surface area contributed by atoms with Gasteiger partial charge in [-0.2, -0.15) is 9.78 Å². The summed E-state index contributed by atoms with van der Waals surface area (Å²) in [5, 5.41) is 17.0. The van der Waals surface area contributed by atoms with Crippen molar-refractivity contribution in [3.63, 3.8) is 0 Å². The first-order chi connectivity index (χ1) is 19.0. The minimum Gasteiger partial charge on any atom is -0.453 e. The number of nitro groups is 1. The molecule has 0 saturated heterocycles. The number of rotatable bonds is 6. The van der Waals surface area contributed by atoms with Gasteiger partial charge in [0.1, 0.15) is 17.5 Å². The lowest BCUT2D eigenvalue weighted by atomic mass is 10.2. The van der Waals surface area contributed by atoms with Gasteiger partial charge in [0.25, 0.3) is 11.2 Å². The monoisotopic (exact) mass is 537 g/mol. The molecular formula is C28H16ClN5O5. The van der Waals surface area contributed by atoms with Gasteiger partial charge in [0.05, 0.1) is 22.0 Å². The van der Waals surface area contributed by atoms with Crippen molar-refractivity contribution in [2.75, 3.05) is 0 Å². The van der Waals surface area contributed by atoms with Crippen LogP contribution in [-0.4, -0.2) is 25.8 Å². The first-order valence-corrected chi connectivity index (χ1v) is 12.0. The largest absolute Gasteiger partial charge is 0.453 e. The van der Waals surface area contributed by atoms with Crippen LogP contribution in [0.2, 0.25) is 5.02 Å². The first kappa shape index (κ1) is 24.0. The van der Waals surface area contributed by atoms with Crippen LogP contribution in [0.15, 0.2) is 105 Å². The molecule has 0 saturated carbocycles. The van der Waals surface area contributed by atoms with Crippen molar-refractivity contribution in [3.05, 3.63) is 122 Å². The molecule has 0 aliphatic heterocycles. The number of benzene rings is 3. The summed E-state index contributed by atoms with van der Waals surface area (Å²) >= 11 is 6.24. The lowest BCUT2D eigenvalue weighted by Gasteiger charge is -2.09. The van der Waals surface area contributed by atoms with Crippen LogP contribution in [0.25, 0.3) is 33.5 Å². The summed E-state index contributed by atoms with van der Waals surface area (Å²) < 4.78 is 13.0. The van der Waals surface area contributed by atoms with Crippen molar-refractivity contribution in [1.29, 1.82) is 0 Å². The second-order valence-electron chi connectivity index (χ2n) is 8.36. The van der Waals surface area contributed by atoms with Gasteiger partial charge in [-0.15, -0.1) is 0 Å². The van der Waals surface area contributed by atoms with Gasteiger partial charge < -0.3 is 9.15 Å². The number of halogens is 1. The zero-order chi connectivity index (χ0) is 26.9. The fourth-order valence-corrected chi connectivity index (χ4v) is 4.15. The molecule has 0 radical (unpaired) electrons. The number of para-hydroxylation sites is 2. The molecule has 6 rings (SSSR count). The minimum absolute atomic E-state index is 0.130. The van der Waals surface area contributed by atoms with Crippen LogP contribution in [0.1, 0.15) is 5.56 Å². The van der Waals surface area contributed by atoms with Gasteiger partial charge in [0.2, 0.25) is 11.7 Å². The molecule has 3 aromatic carbocycles. The molecule has 0 amide bonds. The number of furan rings is 1. The maximum atomic E-state index is 13.5. The Kier molecular flexibility index (Phi) is 6.06. The van der Waals surface area contributed by atoms with Crippen LogP contribution in [0.3, 0.4) is 0 Å². The molecule has 190 valence electrons. The Labute approximate surface area is 224 Å². The molecule has 0 aliphatic carbocycles. The molecule has 0 N–H and O–H groups in total. The predicted molar refractivity (Wildman–Crippen MR) is 147 cm³/mol. The average molecular weight is 538 g/mol. The second kappa shape index (κ2) is 9.84. The number of ether oxygens (including phenoxy) is 1. The van der Waals surface area contributed by atoms with Crippen LogP contribution in [-0.2, 0) is 0 Å². The van der Waals surface area contributed by atoms with Gasteiger partial charge in [-0.3, -0.25) is 14.9 Å². The van der Waals surface area contributed by atoms with Crippen LogP contribution in [0, 0.1) is 10.1 Å².